The van der Waals surface area contributed by atoms with Crippen molar-refractivity contribution < 1.29 is 22.8 Å². The van der Waals surface area contributed by atoms with Gasteiger partial charge < -0.3 is 10.6 Å². The second kappa shape index (κ2) is 5.83. The van der Waals surface area contributed by atoms with Crippen LogP contribution >= 0.6 is 0 Å². The average molecular weight is 365 g/mol. The zero-order chi connectivity index (χ0) is 18.4. The van der Waals surface area contributed by atoms with Crippen LogP contribution in [0.5, 0.6) is 0 Å². The van der Waals surface area contributed by atoms with Crippen molar-refractivity contribution in [3.8, 4) is 0 Å². The molecule has 1 aliphatic carbocycles. The Morgan fingerprint density at radius 2 is 1.96 bits per heavy atom. The van der Waals surface area contributed by atoms with E-state index in [1.54, 1.807) is 19.1 Å². The van der Waals surface area contributed by atoms with Crippen LogP contribution in [0.3, 0.4) is 0 Å². The minimum Gasteiger partial charge on any atom is -0.323 e. The van der Waals surface area contributed by atoms with Gasteiger partial charge in [0.25, 0.3) is 5.91 Å². The van der Waals surface area contributed by atoms with Gasteiger partial charge in [0.2, 0.25) is 5.91 Å². The molecule has 0 radical (unpaired) electrons. The fraction of sp³-hybridized carbons (Fsp3) is 0.438. The van der Waals surface area contributed by atoms with E-state index in [0.29, 0.717) is 0 Å². The largest absolute Gasteiger partial charge is 0.325 e. The van der Waals surface area contributed by atoms with E-state index in [2.05, 4.69) is 10.6 Å². The van der Waals surface area contributed by atoms with Crippen molar-refractivity contribution in [2.75, 3.05) is 18.1 Å². The van der Waals surface area contributed by atoms with Gasteiger partial charge >= 0.3 is 6.03 Å². The number of carbonyl (C=O) groups excluding carboxylic acids is 3. The molecule has 0 spiro atoms. The number of hydrogen-bond donors (Lipinski definition) is 2. The van der Waals surface area contributed by atoms with Crippen LogP contribution in [-0.2, 0) is 19.4 Å². The molecule has 1 aliphatic heterocycles. The number of imide groups is 1. The van der Waals surface area contributed by atoms with E-state index in [1.807, 2.05) is 0 Å². The number of benzene rings is 1. The van der Waals surface area contributed by atoms with Crippen LogP contribution in [0.2, 0.25) is 0 Å². The highest BCUT2D eigenvalue weighted by atomic mass is 32.2. The zero-order valence-corrected chi connectivity index (χ0v) is 14.7. The lowest BCUT2D eigenvalue weighted by Crippen LogP contribution is -2.46. The van der Waals surface area contributed by atoms with E-state index in [1.165, 1.54) is 12.1 Å². The molecule has 0 unspecified atom stereocenters. The third kappa shape index (κ3) is 3.23. The maximum atomic E-state index is 12.5. The first-order valence-electron chi connectivity index (χ1n) is 7.86. The Kier molecular flexibility index (Phi) is 4.06. The van der Waals surface area contributed by atoms with Gasteiger partial charge in [-0.3, -0.25) is 14.5 Å². The molecule has 1 aromatic rings. The standard InChI is InChI=1S/C16H19N3O5S/c1-16(10-7-8-10)14(21)19(15(22)18-16)9-13(20)17-11-5-3-4-6-12(11)25(2,23)24/h3-6,10H,7-9H2,1-2H3,(H,17,20)(H,18,22)/t16-/m1/s1. The van der Waals surface area contributed by atoms with Crippen molar-refractivity contribution >= 4 is 33.4 Å². The Bertz CT molecular complexity index is 862. The van der Waals surface area contributed by atoms with Gasteiger partial charge in [-0.2, -0.15) is 0 Å². The molecule has 1 atom stereocenters. The number of anilines is 1. The Morgan fingerprint density at radius 3 is 2.56 bits per heavy atom. The van der Waals surface area contributed by atoms with Crippen molar-refractivity contribution in [1.29, 1.82) is 0 Å². The van der Waals surface area contributed by atoms with Crippen LogP contribution in [-0.4, -0.2) is 49.5 Å². The van der Waals surface area contributed by atoms with E-state index in [4.69, 9.17) is 0 Å². The van der Waals surface area contributed by atoms with Crippen LogP contribution in [0, 0.1) is 5.92 Å². The minimum atomic E-state index is -3.52. The Morgan fingerprint density at radius 1 is 1.32 bits per heavy atom. The highest BCUT2D eigenvalue weighted by Gasteiger charge is 2.56. The summed E-state index contributed by atoms with van der Waals surface area (Å²) in [7, 11) is -3.52. The summed E-state index contributed by atoms with van der Waals surface area (Å²) in [5.41, 5.74) is -0.839. The van der Waals surface area contributed by atoms with E-state index in [0.717, 1.165) is 24.0 Å². The van der Waals surface area contributed by atoms with Gasteiger partial charge in [-0.05, 0) is 37.8 Å². The molecular weight excluding hydrogens is 346 g/mol. The third-order valence-corrected chi connectivity index (χ3v) is 5.71. The molecule has 8 nitrogen and oxygen atoms in total. The van der Waals surface area contributed by atoms with E-state index < -0.39 is 39.8 Å². The lowest BCUT2D eigenvalue weighted by molar-refractivity contribution is -0.134. The third-order valence-electron chi connectivity index (χ3n) is 4.56. The SMILES string of the molecule is C[C@]1(C2CC2)NC(=O)N(CC(=O)Nc2ccccc2S(C)(=O)=O)C1=O. The molecule has 3 rings (SSSR count). The summed E-state index contributed by atoms with van der Waals surface area (Å²) in [4.78, 5) is 37.7. The predicted molar refractivity (Wildman–Crippen MR) is 89.6 cm³/mol. The summed E-state index contributed by atoms with van der Waals surface area (Å²) in [5, 5.41) is 5.12. The summed E-state index contributed by atoms with van der Waals surface area (Å²) in [6, 6.07) is 5.36. The van der Waals surface area contributed by atoms with Gasteiger partial charge in [0.15, 0.2) is 9.84 Å². The maximum absolute atomic E-state index is 12.5. The molecule has 1 aromatic carbocycles. The molecular formula is C16H19N3O5S. The molecule has 2 N–H and O–H groups in total. The van der Waals surface area contributed by atoms with Crippen molar-refractivity contribution in [3.05, 3.63) is 24.3 Å². The van der Waals surface area contributed by atoms with E-state index >= 15 is 0 Å². The van der Waals surface area contributed by atoms with Crippen LogP contribution in [0.25, 0.3) is 0 Å². The van der Waals surface area contributed by atoms with Gasteiger partial charge in [-0.15, -0.1) is 0 Å². The number of nitrogens with one attached hydrogen (secondary N) is 2. The summed E-state index contributed by atoms with van der Waals surface area (Å²) >= 11 is 0. The minimum absolute atomic E-state index is 0.0247. The zero-order valence-electron chi connectivity index (χ0n) is 13.9. The van der Waals surface area contributed by atoms with Crippen LogP contribution < -0.4 is 10.6 Å². The lowest BCUT2D eigenvalue weighted by atomic mass is 9.96. The molecule has 1 saturated carbocycles. The summed E-state index contributed by atoms with van der Waals surface area (Å²) in [6.45, 7) is 1.20. The van der Waals surface area contributed by atoms with Crippen LogP contribution in [0.1, 0.15) is 19.8 Å². The number of carbonyl (C=O) groups is 3. The number of rotatable bonds is 5. The lowest BCUT2D eigenvalue weighted by Gasteiger charge is -2.20. The molecule has 25 heavy (non-hydrogen) atoms. The number of nitrogens with zero attached hydrogens (tertiary/aromatic N) is 1. The smallest absolute Gasteiger partial charge is 0.323 e. The first-order chi connectivity index (χ1) is 11.6. The van der Waals surface area contributed by atoms with Crippen molar-refractivity contribution in [1.82, 2.24) is 10.2 Å². The Labute approximate surface area is 145 Å². The normalized spacial score (nSPS) is 23.5. The number of hydrogen-bond acceptors (Lipinski definition) is 5. The quantitative estimate of drug-likeness (QED) is 0.748. The average Bonchev–Trinajstić information content (AvgIpc) is 3.33. The second-order valence-electron chi connectivity index (χ2n) is 6.61. The molecule has 134 valence electrons. The van der Waals surface area contributed by atoms with Crippen molar-refractivity contribution in [2.24, 2.45) is 5.92 Å². The molecule has 0 bridgehead atoms. The predicted octanol–water partition coefficient (Wildman–Crippen LogP) is 0.749. The fourth-order valence-corrected chi connectivity index (χ4v) is 3.87. The fourth-order valence-electron chi connectivity index (χ4n) is 3.02. The number of amides is 4. The number of para-hydroxylation sites is 1. The van der Waals surface area contributed by atoms with Gasteiger partial charge in [0, 0.05) is 6.26 Å². The number of urea groups is 1. The first kappa shape index (κ1) is 17.4. The summed E-state index contributed by atoms with van der Waals surface area (Å²) < 4.78 is 23.5. The van der Waals surface area contributed by atoms with Crippen LogP contribution in [0.15, 0.2) is 29.2 Å². The molecule has 2 fully saturated rings. The van der Waals surface area contributed by atoms with Gasteiger partial charge in [0.1, 0.15) is 12.1 Å². The molecule has 9 heteroatoms. The number of sulfone groups is 1. The highest BCUT2D eigenvalue weighted by Crippen LogP contribution is 2.42. The van der Waals surface area contributed by atoms with Gasteiger partial charge in [-0.1, -0.05) is 12.1 Å². The monoisotopic (exact) mass is 365 g/mol. The molecule has 4 amide bonds. The Balaban J connectivity index is 1.74. The topological polar surface area (TPSA) is 113 Å². The molecule has 0 aromatic heterocycles. The first-order valence-corrected chi connectivity index (χ1v) is 9.75. The Hall–Kier alpha value is -2.42. The van der Waals surface area contributed by atoms with E-state index in [-0.39, 0.29) is 16.5 Å². The van der Waals surface area contributed by atoms with Crippen molar-refractivity contribution in [2.45, 2.75) is 30.2 Å². The molecule has 1 saturated heterocycles. The maximum Gasteiger partial charge on any atom is 0.325 e. The van der Waals surface area contributed by atoms with Gasteiger partial charge in [-0.25, -0.2) is 13.2 Å². The summed E-state index contributed by atoms with van der Waals surface area (Å²) in [6.07, 6.45) is 2.77. The van der Waals surface area contributed by atoms with Crippen molar-refractivity contribution in [3.63, 3.8) is 0 Å². The van der Waals surface area contributed by atoms with Gasteiger partial charge in [0.05, 0.1) is 10.6 Å². The molecule has 2 aliphatic rings. The molecule has 1 heterocycles. The van der Waals surface area contributed by atoms with Crippen LogP contribution in [0.4, 0.5) is 10.5 Å². The van der Waals surface area contributed by atoms with E-state index in [9.17, 15) is 22.8 Å². The summed E-state index contributed by atoms with van der Waals surface area (Å²) in [5.74, 6) is -0.964. The highest BCUT2D eigenvalue weighted by molar-refractivity contribution is 7.90. The second-order valence-corrected chi connectivity index (χ2v) is 8.60.